The van der Waals surface area contributed by atoms with Crippen molar-refractivity contribution in [2.45, 2.75) is 72.3 Å². The maximum absolute atomic E-state index is 11.0. The molecule has 0 aliphatic carbocycles. The monoisotopic (exact) mass is 392 g/mol. The number of aliphatic carboxylic acids is 2. The lowest BCUT2D eigenvalue weighted by molar-refractivity contribution is -0.167. The van der Waals surface area contributed by atoms with Gasteiger partial charge < -0.3 is 31.2 Å². The Bertz CT molecular complexity index is 503. The van der Waals surface area contributed by atoms with E-state index < -0.39 is 48.2 Å². The standard InChI is InChI=1S/C9H17NO4.C8H15NO4/c1-5(2)4-7(8(11)12)14-9(13)6(3)10;1-4(2)6(7(10)11)13-8(12)5(3)9/h5-7H,4,10H2,1-3H3,(H,11,12);4-6H,9H2,1-3H3,(H,10,11)/t6-,7+;5-,6+/m01/s1. The van der Waals surface area contributed by atoms with Crippen LogP contribution in [0.3, 0.4) is 0 Å². The van der Waals surface area contributed by atoms with E-state index in [0.29, 0.717) is 6.42 Å². The zero-order valence-electron chi connectivity index (χ0n) is 16.7. The number of hydrogen-bond donors (Lipinski definition) is 4. The van der Waals surface area contributed by atoms with Gasteiger partial charge in [-0.2, -0.15) is 0 Å². The number of nitrogens with two attached hydrogens (primary N) is 2. The fourth-order valence-corrected chi connectivity index (χ4v) is 1.58. The van der Waals surface area contributed by atoms with E-state index in [1.165, 1.54) is 13.8 Å². The first-order valence-corrected chi connectivity index (χ1v) is 8.58. The number of ether oxygens (including phenoxy) is 2. The Hall–Kier alpha value is -2.20. The quantitative estimate of drug-likeness (QED) is 0.400. The molecule has 6 N–H and O–H groups in total. The summed E-state index contributed by atoms with van der Waals surface area (Å²) in [7, 11) is 0. The smallest absolute Gasteiger partial charge is 0.345 e. The van der Waals surface area contributed by atoms with Crippen LogP contribution in [0.4, 0.5) is 0 Å². The van der Waals surface area contributed by atoms with Gasteiger partial charge in [0.25, 0.3) is 0 Å². The van der Waals surface area contributed by atoms with E-state index in [4.69, 9.17) is 26.4 Å². The van der Waals surface area contributed by atoms with Gasteiger partial charge in [0.05, 0.1) is 0 Å². The Morgan fingerprint density at radius 3 is 1.44 bits per heavy atom. The molecule has 0 saturated heterocycles. The minimum Gasteiger partial charge on any atom is -0.479 e. The topological polar surface area (TPSA) is 179 Å². The SMILES string of the molecule is CC(C)C[C@@H](OC(=O)[C@H](C)N)C(=O)O.CC(C)[C@H](OC(=O)[C@@H](C)N)C(=O)O. The number of hydrogen-bond acceptors (Lipinski definition) is 8. The minimum absolute atomic E-state index is 0.150. The molecular weight excluding hydrogens is 360 g/mol. The van der Waals surface area contributed by atoms with Gasteiger partial charge in [0, 0.05) is 5.92 Å². The Morgan fingerprint density at radius 1 is 0.778 bits per heavy atom. The molecule has 0 saturated carbocycles. The van der Waals surface area contributed by atoms with Gasteiger partial charge >= 0.3 is 23.9 Å². The highest BCUT2D eigenvalue weighted by Crippen LogP contribution is 2.09. The predicted molar refractivity (Wildman–Crippen MR) is 96.6 cm³/mol. The highest BCUT2D eigenvalue weighted by molar-refractivity contribution is 5.81. The van der Waals surface area contributed by atoms with Crippen molar-refractivity contribution in [2.75, 3.05) is 0 Å². The summed E-state index contributed by atoms with van der Waals surface area (Å²) in [6.45, 7) is 9.93. The predicted octanol–water partition coefficient (Wildman–Crippen LogP) is 0.362. The largest absolute Gasteiger partial charge is 0.479 e. The fourth-order valence-electron chi connectivity index (χ4n) is 1.58. The molecule has 4 atom stereocenters. The fraction of sp³-hybridized carbons (Fsp3) is 0.765. The van der Waals surface area contributed by atoms with Crippen molar-refractivity contribution < 1.29 is 38.9 Å². The Kier molecular flexibility index (Phi) is 13.1. The lowest BCUT2D eigenvalue weighted by Crippen LogP contribution is -2.38. The third-order valence-corrected chi connectivity index (χ3v) is 3.05. The van der Waals surface area contributed by atoms with Gasteiger partial charge in [-0.1, -0.05) is 27.7 Å². The number of rotatable bonds is 9. The molecule has 158 valence electrons. The Balaban J connectivity index is 0. The van der Waals surface area contributed by atoms with Gasteiger partial charge in [-0.15, -0.1) is 0 Å². The van der Waals surface area contributed by atoms with Crippen molar-refractivity contribution in [3.8, 4) is 0 Å². The molecule has 0 heterocycles. The van der Waals surface area contributed by atoms with Crippen LogP contribution in [0.5, 0.6) is 0 Å². The van der Waals surface area contributed by atoms with E-state index in [2.05, 4.69) is 4.74 Å². The molecule has 0 aromatic carbocycles. The van der Waals surface area contributed by atoms with Crippen LogP contribution in [0.25, 0.3) is 0 Å². The van der Waals surface area contributed by atoms with Crippen LogP contribution in [0.1, 0.15) is 48.0 Å². The molecule has 10 nitrogen and oxygen atoms in total. The van der Waals surface area contributed by atoms with Crippen LogP contribution < -0.4 is 11.5 Å². The number of carbonyl (C=O) groups excluding carboxylic acids is 2. The van der Waals surface area contributed by atoms with Crippen LogP contribution >= 0.6 is 0 Å². The Morgan fingerprint density at radius 2 is 1.19 bits per heavy atom. The summed E-state index contributed by atoms with van der Waals surface area (Å²) in [6.07, 6.45) is -1.90. The maximum atomic E-state index is 11.0. The number of carboxylic acid groups (broad SMARTS) is 2. The summed E-state index contributed by atoms with van der Waals surface area (Å²) in [4.78, 5) is 43.2. The second-order valence-corrected chi connectivity index (χ2v) is 6.91. The van der Waals surface area contributed by atoms with Gasteiger partial charge in [-0.25, -0.2) is 9.59 Å². The van der Waals surface area contributed by atoms with E-state index in [1.807, 2.05) is 13.8 Å². The normalized spacial score (nSPS) is 15.0. The summed E-state index contributed by atoms with van der Waals surface area (Å²) < 4.78 is 9.39. The first kappa shape index (κ1) is 27.0. The molecule has 27 heavy (non-hydrogen) atoms. The average Bonchev–Trinajstić information content (AvgIpc) is 2.50. The molecule has 0 aromatic rings. The average molecular weight is 392 g/mol. The lowest BCUT2D eigenvalue weighted by atomic mass is 10.1. The number of carboxylic acids is 2. The van der Waals surface area contributed by atoms with Gasteiger partial charge in [-0.3, -0.25) is 9.59 Å². The van der Waals surface area contributed by atoms with Crippen molar-refractivity contribution in [1.29, 1.82) is 0 Å². The van der Waals surface area contributed by atoms with Crippen LogP contribution in [0.15, 0.2) is 0 Å². The zero-order chi connectivity index (χ0) is 21.9. The van der Waals surface area contributed by atoms with Crippen molar-refractivity contribution in [3.63, 3.8) is 0 Å². The molecule has 0 rings (SSSR count). The number of esters is 2. The number of carbonyl (C=O) groups is 4. The highest BCUT2D eigenvalue weighted by atomic mass is 16.6. The summed E-state index contributed by atoms with van der Waals surface area (Å²) in [5, 5.41) is 17.4. The van der Waals surface area contributed by atoms with E-state index in [0.717, 1.165) is 0 Å². The van der Waals surface area contributed by atoms with E-state index in [-0.39, 0.29) is 11.8 Å². The van der Waals surface area contributed by atoms with E-state index in [1.54, 1.807) is 13.8 Å². The van der Waals surface area contributed by atoms with Crippen LogP contribution in [-0.2, 0) is 28.7 Å². The second-order valence-electron chi connectivity index (χ2n) is 6.91. The van der Waals surface area contributed by atoms with Crippen LogP contribution in [0.2, 0.25) is 0 Å². The van der Waals surface area contributed by atoms with Crippen LogP contribution in [0, 0.1) is 11.8 Å². The third-order valence-electron chi connectivity index (χ3n) is 3.05. The van der Waals surface area contributed by atoms with Gasteiger partial charge in [0.15, 0.2) is 6.10 Å². The van der Waals surface area contributed by atoms with Gasteiger partial charge in [-0.05, 0) is 26.2 Å². The molecular formula is C17H32N2O8. The summed E-state index contributed by atoms with van der Waals surface area (Å²) in [5.74, 6) is -3.77. The molecule has 0 amide bonds. The molecule has 0 bridgehead atoms. The lowest BCUT2D eigenvalue weighted by Gasteiger charge is -2.17. The molecule has 0 spiro atoms. The highest BCUT2D eigenvalue weighted by Gasteiger charge is 2.27. The van der Waals surface area contributed by atoms with Crippen molar-refractivity contribution in [3.05, 3.63) is 0 Å². The summed E-state index contributed by atoms with van der Waals surface area (Å²) in [5.41, 5.74) is 10.5. The van der Waals surface area contributed by atoms with Crippen molar-refractivity contribution in [1.82, 2.24) is 0 Å². The summed E-state index contributed by atoms with van der Waals surface area (Å²) in [6, 6.07) is -1.58. The minimum atomic E-state index is -1.15. The van der Waals surface area contributed by atoms with E-state index >= 15 is 0 Å². The summed E-state index contributed by atoms with van der Waals surface area (Å²) >= 11 is 0. The molecule has 0 aliphatic rings. The molecule has 0 aliphatic heterocycles. The molecule has 10 heteroatoms. The van der Waals surface area contributed by atoms with Crippen LogP contribution in [-0.4, -0.2) is 58.4 Å². The third kappa shape index (κ3) is 12.7. The van der Waals surface area contributed by atoms with E-state index in [9.17, 15) is 19.2 Å². The van der Waals surface area contributed by atoms with Crippen molar-refractivity contribution >= 4 is 23.9 Å². The maximum Gasteiger partial charge on any atom is 0.345 e. The zero-order valence-corrected chi connectivity index (χ0v) is 16.7. The first-order chi connectivity index (χ1) is 12.2. The Labute approximate surface area is 159 Å². The second kappa shape index (κ2) is 13.0. The molecule has 0 unspecified atom stereocenters. The van der Waals surface area contributed by atoms with Crippen molar-refractivity contribution in [2.24, 2.45) is 23.3 Å². The van der Waals surface area contributed by atoms with Gasteiger partial charge in [0.1, 0.15) is 12.1 Å². The first-order valence-electron chi connectivity index (χ1n) is 8.58. The molecule has 0 radical (unpaired) electrons. The molecule has 0 aromatic heterocycles. The molecule has 0 fully saturated rings. The van der Waals surface area contributed by atoms with Gasteiger partial charge in [0.2, 0.25) is 6.10 Å².